The number of carboxylic acid groups (broad SMARTS) is 1. The van der Waals surface area contributed by atoms with E-state index >= 15 is 0 Å². The summed E-state index contributed by atoms with van der Waals surface area (Å²) in [5.74, 6) is -1.16. The van der Waals surface area contributed by atoms with Crippen molar-refractivity contribution in [1.82, 2.24) is 10.2 Å². The minimum atomic E-state index is -1.08. The fourth-order valence-electron chi connectivity index (χ4n) is 2.34. The highest BCUT2D eigenvalue weighted by atomic mass is 16.4. The average molecular weight is 226 g/mol. The summed E-state index contributed by atoms with van der Waals surface area (Å²) in [7, 11) is 1.74. The first-order valence-corrected chi connectivity index (χ1v) is 5.79. The molecule has 0 radical (unpaired) electrons. The van der Waals surface area contributed by atoms with Gasteiger partial charge < -0.3 is 15.3 Å². The number of piperidine rings is 1. The molecule has 0 aromatic heterocycles. The summed E-state index contributed by atoms with van der Waals surface area (Å²) in [6, 6.07) is 0.200. The average Bonchev–Trinajstić information content (AvgIpc) is 3.09. The van der Waals surface area contributed by atoms with Crippen LogP contribution in [0.15, 0.2) is 0 Å². The van der Waals surface area contributed by atoms with Crippen molar-refractivity contribution >= 4 is 11.9 Å². The third-order valence-corrected chi connectivity index (χ3v) is 3.75. The van der Waals surface area contributed by atoms with E-state index in [0.717, 1.165) is 25.9 Å². The van der Waals surface area contributed by atoms with Gasteiger partial charge >= 0.3 is 5.97 Å². The number of nitrogens with zero attached hydrogens (tertiary/aromatic N) is 1. The lowest BCUT2D eigenvalue weighted by atomic mass is 10.0. The maximum absolute atomic E-state index is 12.1. The first-order chi connectivity index (χ1) is 7.58. The summed E-state index contributed by atoms with van der Waals surface area (Å²) in [5, 5.41) is 12.3. The van der Waals surface area contributed by atoms with Gasteiger partial charge in [0.05, 0.1) is 0 Å². The zero-order valence-electron chi connectivity index (χ0n) is 9.53. The van der Waals surface area contributed by atoms with E-state index in [-0.39, 0.29) is 11.9 Å². The number of carbonyl (C=O) groups is 2. The van der Waals surface area contributed by atoms with E-state index in [9.17, 15) is 9.59 Å². The van der Waals surface area contributed by atoms with Crippen molar-refractivity contribution in [3.05, 3.63) is 0 Å². The van der Waals surface area contributed by atoms with Crippen molar-refractivity contribution < 1.29 is 14.7 Å². The first kappa shape index (κ1) is 11.4. The van der Waals surface area contributed by atoms with Gasteiger partial charge in [-0.15, -0.1) is 0 Å². The number of amides is 1. The SMILES string of the molecule is CN(C(=O)C1(C(=O)O)CC1)C1CCNCC1. The normalized spacial score (nSPS) is 23.8. The van der Waals surface area contributed by atoms with Gasteiger partial charge in [0.2, 0.25) is 5.91 Å². The molecule has 0 bridgehead atoms. The fourth-order valence-corrected chi connectivity index (χ4v) is 2.34. The maximum atomic E-state index is 12.1. The molecule has 0 atom stereocenters. The van der Waals surface area contributed by atoms with Crippen molar-refractivity contribution in [2.24, 2.45) is 5.41 Å². The van der Waals surface area contributed by atoms with Gasteiger partial charge in [-0.2, -0.15) is 0 Å². The van der Waals surface area contributed by atoms with Gasteiger partial charge in [-0.3, -0.25) is 9.59 Å². The van der Waals surface area contributed by atoms with Gasteiger partial charge in [0.1, 0.15) is 5.41 Å². The number of rotatable bonds is 3. The molecule has 2 fully saturated rings. The smallest absolute Gasteiger partial charge is 0.319 e. The predicted molar refractivity (Wildman–Crippen MR) is 58.0 cm³/mol. The highest BCUT2D eigenvalue weighted by Crippen LogP contribution is 2.47. The quantitative estimate of drug-likeness (QED) is 0.668. The van der Waals surface area contributed by atoms with Crippen LogP contribution in [-0.4, -0.2) is 48.1 Å². The molecule has 5 nitrogen and oxygen atoms in total. The van der Waals surface area contributed by atoms with Gasteiger partial charge in [-0.1, -0.05) is 0 Å². The van der Waals surface area contributed by atoms with Crippen molar-refractivity contribution in [2.45, 2.75) is 31.7 Å². The third kappa shape index (κ3) is 1.80. The number of carboxylic acids is 1. The van der Waals surface area contributed by atoms with Crippen LogP contribution in [0.1, 0.15) is 25.7 Å². The molecular formula is C11H18N2O3. The van der Waals surface area contributed by atoms with Gasteiger partial charge in [-0.25, -0.2) is 0 Å². The van der Waals surface area contributed by atoms with Gasteiger partial charge in [-0.05, 0) is 38.8 Å². The van der Waals surface area contributed by atoms with E-state index in [1.54, 1.807) is 11.9 Å². The van der Waals surface area contributed by atoms with Gasteiger partial charge in [0.15, 0.2) is 0 Å². The molecule has 2 N–H and O–H groups in total. The Balaban J connectivity index is 2.01. The molecule has 16 heavy (non-hydrogen) atoms. The molecule has 1 aliphatic heterocycles. The minimum absolute atomic E-state index is 0.200. The summed E-state index contributed by atoms with van der Waals surface area (Å²) < 4.78 is 0. The van der Waals surface area contributed by atoms with Crippen molar-refractivity contribution in [3.63, 3.8) is 0 Å². The Morgan fingerprint density at radius 2 is 1.88 bits per heavy atom. The third-order valence-electron chi connectivity index (χ3n) is 3.75. The molecule has 5 heteroatoms. The Morgan fingerprint density at radius 3 is 2.31 bits per heavy atom. The molecule has 90 valence electrons. The van der Waals surface area contributed by atoms with Gasteiger partial charge in [0.25, 0.3) is 0 Å². The summed E-state index contributed by atoms with van der Waals surface area (Å²) >= 11 is 0. The molecule has 0 spiro atoms. The zero-order chi connectivity index (χ0) is 11.8. The molecule has 1 amide bonds. The van der Waals surface area contributed by atoms with Crippen LogP contribution in [0.2, 0.25) is 0 Å². The highest BCUT2D eigenvalue weighted by Gasteiger charge is 2.58. The van der Waals surface area contributed by atoms with Crippen molar-refractivity contribution in [1.29, 1.82) is 0 Å². The molecule has 0 aromatic rings. The molecule has 1 saturated carbocycles. The number of hydrogen-bond acceptors (Lipinski definition) is 3. The molecule has 1 aliphatic carbocycles. The Kier molecular flexibility index (Phi) is 2.88. The summed E-state index contributed by atoms with van der Waals surface area (Å²) in [4.78, 5) is 24.8. The summed E-state index contributed by atoms with van der Waals surface area (Å²) in [6.07, 6.45) is 2.82. The molecule has 0 aromatic carbocycles. The van der Waals surface area contributed by atoms with Crippen molar-refractivity contribution in [2.75, 3.05) is 20.1 Å². The van der Waals surface area contributed by atoms with Crippen molar-refractivity contribution in [3.8, 4) is 0 Å². The Hall–Kier alpha value is -1.10. The molecule has 0 unspecified atom stereocenters. The molecule has 2 rings (SSSR count). The van der Waals surface area contributed by atoms with Crippen LogP contribution in [0.3, 0.4) is 0 Å². The van der Waals surface area contributed by atoms with Crippen LogP contribution < -0.4 is 5.32 Å². The molecular weight excluding hydrogens is 208 g/mol. The van der Waals surface area contributed by atoms with E-state index in [0.29, 0.717) is 12.8 Å². The van der Waals surface area contributed by atoms with Crippen LogP contribution in [0.5, 0.6) is 0 Å². The van der Waals surface area contributed by atoms with Crippen LogP contribution in [-0.2, 0) is 9.59 Å². The second-order valence-electron chi connectivity index (χ2n) is 4.78. The molecule has 2 aliphatic rings. The highest BCUT2D eigenvalue weighted by molar-refractivity contribution is 6.04. The first-order valence-electron chi connectivity index (χ1n) is 5.79. The van der Waals surface area contributed by atoms with Crippen LogP contribution in [0.4, 0.5) is 0 Å². The topological polar surface area (TPSA) is 69.6 Å². The van der Waals surface area contributed by atoms with E-state index < -0.39 is 11.4 Å². The molecule has 1 saturated heterocycles. The second-order valence-corrected chi connectivity index (χ2v) is 4.78. The lowest BCUT2D eigenvalue weighted by molar-refractivity contribution is -0.154. The van der Waals surface area contributed by atoms with Crippen LogP contribution in [0.25, 0.3) is 0 Å². The maximum Gasteiger partial charge on any atom is 0.319 e. The van der Waals surface area contributed by atoms with Crippen LogP contribution >= 0.6 is 0 Å². The summed E-state index contributed by atoms with van der Waals surface area (Å²) in [6.45, 7) is 1.81. The number of nitrogens with one attached hydrogen (secondary N) is 1. The number of carbonyl (C=O) groups excluding carboxylic acids is 1. The van der Waals surface area contributed by atoms with E-state index in [1.165, 1.54) is 0 Å². The van der Waals surface area contributed by atoms with E-state index in [1.807, 2.05) is 0 Å². The second kappa shape index (κ2) is 4.05. The lowest BCUT2D eigenvalue weighted by Crippen LogP contribution is -2.48. The number of aliphatic carboxylic acids is 1. The monoisotopic (exact) mass is 226 g/mol. The Bertz CT molecular complexity index is 306. The van der Waals surface area contributed by atoms with Gasteiger partial charge in [0, 0.05) is 13.1 Å². The largest absolute Gasteiger partial charge is 0.480 e. The minimum Gasteiger partial charge on any atom is -0.480 e. The van der Waals surface area contributed by atoms with Crippen LogP contribution in [0, 0.1) is 5.41 Å². The Morgan fingerprint density at radius 1 is 1.31 bits per heavy atom. The van der Waals surface area contributed by atoms with E-state index in [4.69, 9.17) is 5.11 Å². The lowest BCUT2D eigenvalue weighted by Gasteiger charge is -2.33. The van der Waals surface area contributed by atoms with E-state index in [2.05, 4.69) is 5.32 Å². The predicted octanol–water partition coefficient (Wildman–Crippen LogP) is 0.0616. The standard InChI is InChI=1S/C11H18N2O3/c1-13(8-2-6-12-7-3-8)9(14)11(4-5-11)10(15)16/h8,12H,2-7H2,1H3,(H,15,16). The number of hydrogen-bond donors (Lipinski definition) is 2. The fraction of sp³-hybridized carbons (Fsp3) is 0.818. The Labute approximate surface area is 94.8 Å². The zero-order valence-corrected chi connectivity index (χ0v) is 9.53. The molecule has 1 heterocycles. The summed E-state index contributed by atoms with van der Waals surface area (Å²) in [5.41, 5.74) is -1.08.